The van der Waals surface area contributed by atoms with Crippen LogP contribution in [0.1, 0.15) is 52.6 Å². The second-order valence-electron chi connectivity index (χ2n) is 7.14. The Morgan fingerprint density at radius 2 is 1.67 bits per heavy atom. The number of aryl methyl sites for hydroxylation is 1. The zero-order chi connectivity index (χ0) is 19.4. The van der Waals surface area contributed by atoms with Gasteiger partial charge in [0.15, 0.2) is 0 Å². The van der Waals surface area contributed by atoms with Gasteiger partial charge in [-0.15, -0.1) is 0 Å². The summed E-state index contributed by atoms with van der Waals surface area (Å²) in [7, 11) is 0. The third-order valence-electron chi connectivity index (χ3n) is 5.24. The predicted octanol–water partition coefficient (Wildman–Crippen LogP) is 5.26. The molecule has 2 aromatic carbocycles. The summed E-state index contributed by atoms with van der Waals surface area (Å²) in [5.41, 5.74) is 13.2. The van der Waals surface area contributed by atoms with Crippen molar-refractivity contribution in [3.63, 3.8) is 0 Å². The lowest BCUT2D eigenvalue weighted by Crippen LogP contribution is -2.13. The first-order chi connectivity index (χ1) is 13.0. The quantitative estimate of drug-likeness (QED) is 0.614. The Labute approximate surface area is 161 Å². The highest BCUT2D eigenvalue weighted by Gasteiger charge is 2.25. The number of primary amides is 1. The first kappa shape index (κ1) is 19.0. The molecule has 1 amide bonds. The van der Waals surface area contributed by atoms with Gasteiger partial charge in [0.1, 0.15) is 0 Å². The number of hydrogen-bond donors (Lipinski definition) is 1. The summed E-state index contributed by atoms with van der Waals surface area (Å²) < 4.78 is 2.28. The molecule has 1 heterocycles. The van der Waals surface area contributed by atoms with E-state index in [1.54, 1.807) is 0 Å². The number of rotatable bonds is 7. The zero-order valence-corrected chi connectivity index (χ0v) is 16.5. The van der Waals surface area contributed by atoms with Gasteiger partial charge >= 0.3 is 0 Å². The second-order valence-corrected chi connectivity index (χ2v) is 7.14. The summed E-state index contributed by atoms with van der Waals surface area (Å²) in [5, 5.41) is 0. The second kappa shape index (κ2) is 8.26. The fraction of sp³-hybridized carbons (Fsp3) is 0.292. The largest absolute Gasteiger partial charge is 0.366 e. The lowest BCUT2D eigenvalue weighted by molar-refractivity contribution is 0.1000. The minimum atomic E-state index is -0.352. The minimum Gasteiger partial charge on any atom is -0.366 e. The molecular formula is C24H28N2O. The van der Waals surface area contributed by atoms with Crippen molar-refractivity contribution in [3.8, 4) is 11.1 Å². The van der Waals surface area contributed by atoms with Crippen LogP contribution >= 0.6 is 0 Å². The van der Waals surface area contributed by atoms with E-state index in [4.69, 9.17) is 5.73 Å². The van der Waals surface area contributed by atoms with Gasteiger partial charge in [0.05, 0.1) is 5.56 Å². The first-order valence-electron chi connectivity index (χ1n) is 9.66. The average Bonchev–Trinajstić information content (AvgIpc) is 2.93. The molecule has 0 aliphatic carbocycles. The molecule has 0 saturated carbocycles. The van der Waals surface area contributed by atoms with Gasteiger partial charge in [-0.1, -0.05) is 67.9 Å². The van der Waals surface area contributed by atoms with E-state index in [-0.39, 0.29) is 5.91 Å². The number of unbranched alkanes of at least 4 members (excludes halogenated alkanes) is 1. The summed E-state index contributed by atoms with van der Waals surface area (Å²) in [5.74, 6) is -0.352. The van der Waals surface area contributed by atoms with E-state index in [1.807, 2.05) is 25.1 Å². The first-order valence-corrected chi connectivity index (χ1v) is 9.66. The van der Waals surface area contributed by atoms with Crippen LogP contribution in [0.2, 0.25) is 0 Å². The molecule has 0 atom stereocenters. The van der Waals surface area contributed by atoms with Crippen molar-refractivity contribution in [1.29, 1.82) is 0 Å². The predicted molar refractivity (Wildman–Crippen MR) is 112 cm³/mol. The molecule has 27 heavy (non-hydrogen) atoms. The lowest BCUT2D eigenvalue weighted by Gasteiger charge is -2.14. The van der Waals surface area contributed by atoms with Crippen LogP contribution in [0.4, 0.5) is 0 Å². The Kier molecular flexibility index (Phi) is 5.80. The van der Waals surface area contributed by atoms with E-state index in [0.29, 0.717) is 5.56 Å². The molecule has 0 spiro atoms. The van der Waals surface area contributed by atoms with Crippen LogP contribution in [0.5, 0.6) is 0 Å². The fourth-order valence-electron chi connectivity index (χ4n) is 3.83. The molecule has 3 rings (SSSR count). The molecule has 0 radical (unpaired) electrons. The molecule has 0 bridgehead atoms. The van der Waals surface area contributed by atoms with Crippen molar-refractivity contribution >= 4 is 5.91 Å². The van der Waals surface area contributed by atoms with Crippen LogP contribution in [0.3, 0.4) is 0 Å². The van der Waals surface area contributed by atoms with Gasteiger partial charge in [-0.2, -0.15) is 0 Å². The summed E-state index contributed by atoms with van der Waals surface area (Å²) >= 11 is 0. The molecule has 0 saturated heterocycles. The number of aromatic nitrogens is 1. The number of hydrogen-bond acceptors (Lipinski definition) is 1. The number of carbonyl (C=O) groups is 1. The number of nitrogens with two attached hydrogens (primary N) is 1. The van der Waals surface area contributed by atoms with E-state index in [1.165, 1.54) is 11.3 Å². The highest BCUT2D eigenvalue weighted by atomic mass is 16.1. The van der Waals surface area contributed by atoms with Crippen LogP contribution < -0.4 is 5.73 Å². The van der Waals surface area contributed by atoms with Crippen molar-refractivity contribution in [2.24, 2.45) is 5.73 Å². The maximum absolute atomic E-state index is 12.4. The minimum absolute atomic E-state index is 0.352. The van der Waals surface area contributed by atoms with Crippen molar-refractivity contribution < 1.29 is 4.79 Å². The average molecular weight is 361 g/mol. The Morgan fingerprint density at radius 3 is 2.30 bits per heavy atom. The maximum atomic E-state index is 12.4. The van der Waals surface area contributed by atoms with Crippen molar-refractivity contribution in [2.45, 2.75) is 46.6 Å². The Morgan fingerprint density at radius 1 is 1.00 bits per heavy atom. The summed E-state index contributed by atoms with van der Waals surface area (Å²) in [4.78, 5) is 12.4. The molecular weight excluding hydrogens is 332 g/mol. The molecule has 140 valence electrons. The van der Waals surface area contributed by atoms with E-state index in [9.17, 15) is 4.79 Å². The lowest BCUT2D eigenvalue weighted by atomic mass is 9.94. The van der Waals surface area contributed by atoms with Crippen LogP contribution in [-0.2, 0) is 13.0 Å². The number of carbonyl (C=O) groups excluding carboxylic acids is 1. The fourth-order valence-corrected chi connectivity index (χ4v) is 3.83. The van der Waals surface area contributed by atoms with Gasteiger partial charge in [0.2, 0.25) is 0 Å². The third-order valence-corrected chi connectivity index (χ3v) is 5.24. The molecule has 1 aromatic heterocycles. The summed E-state index contributed by atoms with van der Waals surface area (Å²) in [6, 6.07) is 18.6. The van der Waals surface area contributed by atoms with Crippen LogP contribution in [-0.4, -0.2) is 10.5 Å². The number of benzene rings is 2. The summed E-state index contributed by atoms with van der Waals surface area (Å²) in [6.45, 7) is 7.05. The van der Waals surface area contributed by atoms with E-state index in [0.717, 1.165) is 48.2 Å². The molecule has 0 fully saturated rings. The molecule has 0 aliphatic heterocycles. The SMILES string of the molecule is CCCCc1c(-c2ccccc2C)c(C(N)=O)c(C)n1Cc1ccccc1. The van der Waals surface area contributed by atoms with Crippen LogP contribution in [0.15, 0.2) is 54.6 Å². The molecule has 3 nitrogen and oxygen atoms in total. The smallest absolute Gasteiger partial charge is 0.251 e. The third kappa shape index (κ3) is 3.82. The standard InChI is InChI=1S/C24H28N2O/c1-4-5-15-21-23(20-14-10-9-11-17(20)2)22(24(25)27)18(3)26(21)16-19-12-7-6-8-13-19/h6-14H,4-5,15-16H2,1-3H3,(H2,25,27). The molecule has 0 aliphatic rings. The van der Waals surface area contributed by atoms with Crippen molar-refractivity contribution in [3.05, 3.63) is 82.7 Å². The Balaban J connectivity index is 2.25. The zero-order valence-electron chi connectivity index (χ0n) is 16.5. The van der Waals surface area contributed by atoms with E-state index in [2.05, 4.69) is 54.8 Å². The highest BCUT2D eigenvalue weighted by molar-refractivity contribution is 6.02. The van der Waals surface area contributed by atoms with E-state index >= 15 is 0 Å². The van der Waals surface area contributed by atoms with E-state index < -0.39 is 0 Å². The summed E-state index contributed by atoms with van der Waals surface area (Å²) in [6.07, 6.45) is 3.12. The van der Waals surface area contributed by atoms with Gasteiger partial charge in [0.25, 0.3) is 5.91 Å². The normalized spacial score (nSPS) is 10.9. The molecule has 2 N–H and O–H groups in total. The van der Waals surface area contributed by atoms with Gasteiger partial charge in [-0.05, 0) is 43.4 Å². The van der Waals surface area contributed by atoms with Gasteiger partial charge < -0.3 is 10.3 Å². The number of amides is 1. The van der Waals surface area contributed by atoms with Crippen LogP contribution in [0.25, 0.3) is 11.1 Å². The maximum Gasteiger partial charge on any atom is 0.251 e. The molecule has 3 aromatic rings. The van der Waals surface area contributed by atoms with Gasteiger partial charge in [-0.25, -0.2) is 0 Å². The van der Waals surface area contributed by atoms with Gasteiger partial charge in [0, 0.05) is 23.5 Å². The Bertz CT molecular complexity index is 939. The van der Waals surface area contributed by atoms with Crippen molar-refractivity contribution in [2.75, 3.05) is 0 Å². The number of nitrogens with zero attached hydrogens (tertiary/aromatic N) is 1. The Hall–Kier alpha value is -2.81. The van der Waals surface area contributed by atoms with Gasteiger partial charge in [-0.3, -0.25) is 4.79 Å². The molecule has 0 unspecified atom stereocenters. The highest BCUT2D eigenvalue weighted by Crippen LogP contribution is 2.36. The monoisotopic (exact) mass is 360 g/mol. The van der Waals surface area contributed by atoms with Crippen molar-refractivity contribution in [1.82, 2.24) is 4.57 Å². The topological polar surface area (TPSA) is 48.0 Å². The molecule has 3 heteroatoms. The van der Waals surface area contributed by atoms with Crippen LogP contribution in [0, 0.1) is 13.8 Å².